The van der Waals surface area contributed by atoms with Gasteiger partial charge in [0.1, 0.15) is 11.9 Å². The van der Waals surface area contributed by atoms with E-state index in [1.807, 2.05) is 0 Å². The molecular weight excluding hydrogens is 218 g/mol. The Labute approximate surface area is 98.8 Å². The zero-order chi connectivity index (χ0) is 11.7. The summed E-state index contributed by atoms with van der Waals surface area (Å²) in [6.07, 6.45) is 2.33. The van der Waals surface area contributed by atoms with Crippen molar-refractivity contribution in [3.8, 4) is 11.6 Å². The highest BCUT2D eigenvalue weighted by Crippen LogP contribution is 2.27. The molecule has 0 aliphatic carbocycles. The van der Waals surface area contributed by atoms with Crippen molar-refractivity contribution >= 4 is 10.9 Å². The summed E-state index contributed by atoms with van der Waals surface area (Å²) in [5, 5.41) is 20.6. The monoisotopic (exact) mass is 233 g/mol. The third-order valence-electron chi connectivity index (χ3n) is 3.04. The lowest BCUT2D eigenvalue weighted by atomic mass is 10.1. The number of hydrogen-bond donors (Lipinski definition) is 3. The lowest BCUT2D eigenvalue weighted by Crippen LogP contribution is -2.37. The maximum atomic E-state index is 9.47. The SMILES string of the molecule is Oc1ccc2[nH]nc(OC3CCCNC3)c2c1. The predicted molar refractivity (Wildman–Crippen MR) is 64.3 cm³/mol. The van der Waals surface area contributed by atoms with Gasteiger partial charge in [-0.25, -0.2) is 0 Å². The summed E-state index contributed by atoms with van der Waals surface area (Å²) in [5.74, 6) is 0.801. The molecule has 0 bridgehead atoms. The van der Waals surface area contributed by atoms with E-state index in [9.17, 15) is 5.11 Å². The van der Waals surface area contributed by atoms with Crippen LogP contribution >= 0.6 is 0 Å². The van der Waals surface area contributed by atoms with Crippen molar-refractivity contribution < 1.29 is 9.84 Å². The Hall–Kier alpha value is -1.75. The zero-order valence-corrected chi connectivity index (χ0v) is 9.44. The van der Waals surface area contributed by atoms with Crippen LogP contribution in [0.2, 0.25) is 0 Å². The number of rotatable bonds is 2. The third kappa shape index (κ3) is 2.06. The summed E-state index contributed by atoms with van der Waals surface area (Å²) < 4.78 is 5.85. The zero-order valence-electron chi connectivity index (χ0n) is 9.44. The molecular formula is C12H15N3O2. The highest BCUT2D eigenvalue weighted by molar-refractivity contribution is 5.85. The normalized spacial score (nSPS) is 20.6. The summed E-state index contributed by atoms with van der Waals surface area (Å²) in [5.41, 5.74) is 0.876. The number of aromatic hydroxyl groups is 1. The number of ether oxygens (including phenoxy) is 1. The molecule has 3 rings (SSSR count). The van der Waals surface area contributed by atoms with Crippen molar-refractivity contribution in [1.82, 2.24) is 15.5 Å². The van der Waals surface area contributed by atoms with Crippen LogP contribution in [0.4, 0.5) is 0 Å². The van der Waals surface area contributed by atoms with Crippen molar-refractivity contribution in [2.45, 2.75) is 18.9 Å². The fourth-order valence-electron chi connectivity index (χ4n) is 2.15. The van der Waals surface area contributed by atoms with Crippen molar-refractivity contribution in [3.05, 3.63) is 18.2 Å². The Balaban J connectivity index is 1.86. The van der Waals surface area contributed by atoms with E-state index in [0.29, 0.717) is 5.88 Å². The summed E-state index contributed by atoms with van der Waals surface area (Å²) in [7, 11) is 0. The van der Waals surface area contributed by atoms with Gasteiger partial charge in [-0.3, -0.25) is 5.10 Å². The van der Waals surface area contributed by atoms with Crippen molar-refractivity contribution in [3.63, 3.8) is 0 Å². The number of nitrogens with one attached hydrogen (secondary N) is 2. The minimum Gasteiger partial charge on any atom is -0.508 e. The Morgan fingerprint density at radius 2 is 2.35 bits per heavy atom. The average Bonchev–Trinajstić information content (AvgIpc) is 2.73. The van der Waals surface area contributed by atoms with Gasteiger partial charge in [0.2, 0.25) is 5.88 Å². The standard InChI is InChI=1S/C12H15N3O2/c16-8-3-4-11-10(6-8)12(15-14-11)17-9-2-1-5-13-7-9/h3-4,6,9,13,16H,1-2,5,7H2,(H,14,15). The molecule has 1 aliphatic heterocycles. The van der Waals surface area contributed by atoms with Crippen LogP contribution in [0, 0.1) is 0 Å². The Bertz CT molecular complexity index is 517. The first-order chi connectivity index (χ1) is 8.33. The topological polar surface area (TPSA) is 70.2 Å². The second-order valence-electron chi connectivity index (χ2n) is 4.34. The van der Waals surface area contributed by atoms with Crippen molar-refractivity contribution in [2.24, 2.45) is 0 Å². The van der Waals surface area contributed by atoms with Gasteiger partial charge in [0.25, 0.3) is 0 Å². The van der Waals surface area contributed by atoms with Crippen LogP contribution in [0.15, 0.2) is 18.2 Å². The molecule has 1 unspecified atom stereocenters. The number of piperidine rings is 1. The molecule has 0 amide bonds. The fraction of sp³-hybridized carbons (Fsp3) is 0.417. The van der Waals surface area contributed by atoms with Gasteiger partial charge < -0.3 is 15.2 Å². The lowest BCUT2D eigenvalue weighted by Gasteiger charge is -2.22. The van der Waals surface area contributed by atoms with Gasteiger partial charge in [0.15, 0.2) is 0 Å². The molecule has 2 heterocycles. The van der Waals surface area contributed by atoms with Gasteiger partial charge in [-0.15, -0.1) is 5.10 Å². The number of phenols is 1. The Morgan fingerprint density at radius 3 is 3.18 bits per heavy atom. The number of aromatic amines is 1. The van der Waals surface area contributed by atoms with Gasteiger partial charge in [-0.1, -0.05) is 0 Å². The number of H-pyrrole nitrogens is 1. The first-order valence-electron chi connectivity index (χ1n) is 5.87. The fourth-order valence-corrected chi connectivity index (χ4v) is 2.15. The number of benzene rings is 1. The van der Waals surface area contributed by atoms with Crippen LogP contribution < -0.4 is 10.1 Å². The number of fused-ring (bicyclic) bond motifs is 1. The quantitative estimate of drug-likeness (QED) is 0.733. The predicted octanol–water partition coefficient (Wildman–Crippen LogP) is 1.40. The number of phenolic OH excluding ortho intramolecular Hbond substituents is 1. The highest BCUT2D eigenvalue weighted by Gasteiger charge is 2.17. The smallest absolute Gasteiger partial charge is 0.240 e. The summed E-state index contributed by atoms with van der Waals surface area (Å²) in [6.45, 7) is 1.91. The largest absolute Gasteiger partial charge is 0.508 e. The van der Waals surface area contributed by atoms with Crippen molar-refractivity contribution in [1.29, 1.82) is 0 Å². The lowest BCUT2D eigenvalue weighted by molar-refractivity contribution is 0.162. The molecule has 90 valence electrons. The maximum Gasteiger partial charge on any atom is 0.240 e. The van der Waals surface area contributed by atoms with Crippen LogP contribution in [0.5, 0.6) is 11.6 Å². The third-order valence-corrected chi connectivity index (χ3v) is 3.04. The number of aromatic nitrogens is 2. The molecule has 0 radical (unpaired) electrons. The number of nitrogens with zero attached hydrogens (tertiary/aromatic N) is 1. The molecule has 0 saturated carbocycles. The Kier molecular flexibility index (Phi) is 2.60. The van der Waals surface area contributed by atoms with Crippen LogP contribution in [0.1, 0.15) is 12.8 Å². The first kappa shape index (κ1) is 10.4. The van der Waals surface area contributed by atoms with E-state index in [2.05, 4.69) is 15.5 Å². The second kappa shape index (κ2) is 4.25. The minimum atomic E-state index is 0.164. The van der Waals surface area contributed by atoms with Gasteiger partial charge >= 0.3 is 0 Å². The molecule has 2 aromatic rings. The van der Waals surface area contributed by atoms with E-state index in [1.165, 1.54) is 0 Å². The molecule has 5 heteroatoms. The second-order valence-corrected chi connectivity index (χ2v) is 4.34. The van der Waals surface area contributed by atoms with Crippen molar-refractivity contribution in [2.75, 3.05) is 13.1 Å². The maximum absolute atomic E-state index is 9.47. The number of hydrogen-bond acceptors (Lipinski definition) is 4. The molecule has 1 fully saturated rings. The molecule has 3 N–H and O–H groups in total. The molecule has 17 heavy (non-hydrogen) atoms. The van der Waals surface area contributed by atoms with E-state index in [1.54, 1.807) is 18.2 Å². The molecule has 1 aliphatic rings. The van der Waals surface area contributed by atoms with E-state index in [0.717, 1.165) is 36.8 Å². The van der Waals surface area contributed by atoms with Gasteiger partial charge in [0.05, 0.1) is 10.9 Å². The van der Waals surface area contributed by atoms with Crippen LogP contribution in [-0.4, -0.2) is 34.5 Å². The van der Waals surface area contributed by atoms with Crippen LogP contribution in [-0.2, 0) is 0 Å². The van der Waals surface area contributed by atoms with Gasteiger partial charge in [-0.05, 0) is 37.6 Å². The van der Waals surface area contributed by atoms with E-state index in [-0.39, 0.29) is 11.9 Å². The van der Waals surface area contributed by atoms with E-state index in [4.69, 9.17) is 4.74 Å². The van der Waals surface area contributed by atoms with Crippen LogP contribution in [0.3, 0.4) is 0 Å². The highest BCUT2D eigenvalue weighted by atomic mass is 16.5. The first-order valence-corrected chi connectivity index (χ1v) is 5.87. The van der Waals surface area contributed by atoms with Crippen LogP contribution in [0.25, 0.3) is 10.9 Å². The molecule has 1 atom stereocenters. The average molecular weight is 233 g/mol. The summed E-state index contributed by atoms with van der Waals surface area (Å²) in [4.78, 5) is 0. The minimum absolute atomic E-state index is 0.164. The molecule has 1 saturated heterocycles. The van der Waals surface area contributed by atoms with Gasteiger partial charge in [0, 0.05) is 6.54 Å². The molecule has 1 aromatic heterocycles. The molecule has 1 aromatic carbocycles. The summed E-state index contributed by atoms with van der Waals surface area (Å²) in [6, 6.07) is 5.10. The van der Waals surface area contributed by atoms with E-state index < -0.39 is 0 Å². The molecule has 0 spiro atoms. The van der Waals surface area contributed by atoms with E-state index >= 15 is 0 Å². The summed E-state index contributed by atoms with van der Waals surface area (Å²) >= 11 is 0. The molecule has 5 nitrogen and oxygen atoms in total. The van der Waals surface area contributed by atoms with Gasteiger partial charge in [-0.2, -0.15) is 0 Å². The Morgan fingerprint density at radius 1 is 1.41 bits per heavy atom.